The van der Waals surface area contributed by atoms with Crippen molar-refractivity contribution < 1.29 is 18.9 Å². The molecule has 28 heavy (non-hydrogen) atoms. The summed E-state index contributed by atoms with van der Waals surface area (Å²) < 4.78 is 21.7. The van der Waals surface area contributed by atoms with Crippen LogP contribution in [0.3, 0.4) is 0 Å². The Morgan fingerprint density at radius 2 is 1.93 bits per heavy atom. The number of rotatable bonds is 7. The predicted octanol–water partition coefficient (Wildman–Crippen LogP) is 3.67. The van der Waals surface area contributed by atoms with Gasteiger partial charge in [-0.15, -0.1) is 24.0 Å². The van der Waals surface area contributed by atoms with E-state index in [0.29, 0.717) is 25.1 Å². The van der Waals surface area contributed by atoms with Gasteiger partial charge < -0.3 is 29.6 Å². The van der Waals surface area contributed by atoms with Crippen LogP contribution in [0.1, 0.15) is 12.5 Å². The van der Waals surface area contributed by atoms with Crippen molar-refractivity contribution in [2.75, 3.05) is 39.4 Å². The average molecular weight is 499 g/mol. The molecule has 3 rings (SSSR count). The molecule has 0 unspecified atom stereocenters. The molecule has 0 saturated heterocycles. The van der Waals surface area contributed by atoms with E-state index in [1.807, 2.05) is 43.3 Å². The Balaban J connectivity index is 0.00000280. The molecule has 1 aliphatic heterocycles. The molecule has 0 aromatic heterocycles. The minimum atomic E-state index is 0. The lowest BCUT2D eigenvalue weighted by molar-refractivity contribution is 0.174. The first-order valence-electron chi connectivity index (χ1n) is 8.90. The number of benzene rings is 2. The first kappa shape index (κ1) is 21.9. The minimum Gasteiger partial charge on any atom is -0.493 e. The van der Waals surface area contributed by atoms with E-state index in [2.05, 4.69) is 15.6 Å². The van der Waals surface area contributed by atoms with Crippen molar-refractivity contribution in [2.45, 2.75) is 13.3 Å². The van der Waals surface area contributed by atoms with Gasteiger partial charge >= 0.3 is 0 Å². The van der Waals surface area contributed by atoms with Gasteiger partial charge in [0.05, 0.1) is 13.7 Å². The number of fused-ring (bicyclic) bond motifs is 1. The van der Waals surface area contributed by atoms with Crippen molar-refractivity contribution in [1.29, 1.82) is 0 Å². The molecule has 152 valence electrons. The summed E-state index contributed by atoms with van der Waals surface area (Å²) in [5, 5.41) is 6.57. The molecule has 1 heterocycles. The molecule has 2 aromatic rings. The minimum absolute atomic E-state index is 0. The van der Waals surface area contributed by atoms with Crippen LogP contribution in [0.5, 0.6) is 23.0 Å². The van der Waals surface area contributed by atoms with Crippen LogP contribution in [-0.4, -0.2) is 40.1 Å². The van der Waals surface area contributed by atoms with Gasteiger partial charge in [0.1, 0.15) is 0 Å². The Labute approximate surface area is 182 Å². The number of nitrogens with zero attached hydrogens (tertiary/aromatic N) is 1. The lowest BCUT2D eigenvalue weighted by Crippen LogP contribution is -2.32. The highest BCUT2D eigenvalue weighted by Crippen LogP contribution is 2.32. The molecule has 2 aromatic carbocycles. The number of ether oxygens (including phenoxy) is 4. The number of aliphatic imine (C=N–C) groups is 1. The summed E-state index contributed by atoms with van der Waals surface area (Å²) in [6, 6.07) is 11.7. The third-order valence-electron chi connectivity index (χ3n) is 4.09. The number of halogens is 1. The molecule has 7 nitrogen and oxygen atoms in total. The van der Waals surface area contributed by atoms with Crippen LogP contribution >= 0.6 is 24.0 Å². The monoisotopic (exact) mass is 499 g/mol. The van der Waals surface area contributed by atoms with Crippen molar-refractivity contribution in [3.05, 3.63) is 42.0 Å². The lowest BCUT2D eigenvalue weighted by atomic mass is 10.1. The molecular formula is C20H26IN3O4. The summed E-state index contributed by atoms with van der Waals surface area (Å²) in [6.07, 6.45) is 0.837. The van der Waals surface area contributed by atoms with E-state index < -0.39 is 0 Å². The van der Waals surface area contributed by atoms with Crippen molar-refractivity contribution in [2.24, 2.45) is 4.99 Å². The largest absolute Gasteiger partial charge is 0.493 e. The molecule has 0 fully saturated rings. The van der Waals surface area contributed by atoms with Gasteiger partial charge in [0, 0.05) is 25.3 Å². The molecule has 0 bridgehead atoms. The standard InChI is InChI=1S/C20H25N3O4.HI/c1-4-25-16-8-6-15(12-18(16)24-3)23-20(21-2)22-10-9-14-5-7-17-19(11-14)27-13-26-17;/h5-8,11-12H,4,9-10,13H2,1-3H3,(H2,21,22,23);1H. The van der Waals surface area contributed by atoms with Gasteiger partial charge in [-0.25, -0.2) is 0 Å². The molecule has 0 amide bonds. The second kappa shape index (κ2) is 10.8. The summed E-state index contributed by atoms with van der Waals surface area (Å²) in [5.41, 5.74) is 2.04. The smallest absolute Gasteiger partial charge is 0.231 e. The van der Waals surface area contributed by atoms with Gasteiger partial charge in [-0.2, -0.15) is 0 Å². The Hall–Kier alpha value is -2.36. The Bertz CT molecular complexity index is 814. The van der Waals surface area contributed by atoms with Gasteiger partial charge in [0.15, 0.2) is 29.0 Å². The second-order valence-electron chi connectivity index (χ2n) is 5.86. The number of hydrogen-bond acceptors (Lipinski definition) is 5. The number of guanidine groups is 1. The fourth-order valence-electron chi connectivity index (χ4n) is 2.76. The van der Waals surface area contributed by atoms with Crippen LogP contribution in [0.2, 0.25) is 0 Å². The van der Waals surface area contributed by atoms with E-state index >= 15 is 0 Å². The fourth-order valence-corrected chi connectivity index (χ4v) is 2.76. The SMILES string of the molecule is CCOc1ccc(NC(=NC)NCCc2ccc3c(c2)OCO3)cc1OC.I. The van der Waals surface area contributed by atoms with Crippen molar-refractivity contribution in [1.82, 2.24) is 5.32 Å². The Morgan fingerprint density at radius 3 is 2.68 bits per heavy atom. The maximum atomic E-state index is 5.54. The van der Waals surface area contributed by atoms with E-state index in [9.17, 15) is 0 Å². The molecule has 0 atom stereocenters. The van der Waals surface area contributed by atoms with Crippen LogP contribution in [0, 0.1) is 0 Å². The highest BCUT2D eigenvalue weighted by atomic mass is 127. The highest BCUT2D eigenvalue weighted by molar-refractivity contribution is 14.0. The average Bonchev–Trinajstić information content (AvgIpc) is 3.16. The van der Waals surface area contributed by atoms with Gasteiger partial charge in [0.2, 0.25) is 6.79 Å². The Morgan fingerprint density at radius 1 is 1.11 bits per heavy atom. The number of methoxy groups -OCH3 is 1. The predicted molar refractivity (Wildman–Crippen MR) is 121 cm³/mol. The third kappa shape index (κ3) is 5.57. The number of hydrogen-bond donors (Lipinski definition) is 2. The second-order valence-corrected chi connectivity index (χ2v) is 5.86. The third-order valence-corrected chi connectivity index (χ3v) is 4.09. The quantitative estimate of drug-likeness (QED) is 0.344. The van der Waals surface area contributed by atoms with Crippen LogP contribution in [0.25, 0.3) is 0 Å². The molecule has 0 radical (unpaired) electrons. The molecule has 0 saturated carbocycles. The maximum Gasteiger partial charge on any atom is 0.231 e. The molecule has 2 N–H and O–H groups in total. The highest BCUT2D eigenvalue weighted by Gasteiger charge is 2.13. The lowest BCUT2D eigenvalue weighted by Gasteiger charge is -2.14. The zero-order valence-electron chi connectivity index (χ0n) is 16.3. The van der Waals surface area contributed by atoms with Crippen LogP contribution in [-0.2, 0) is 6.42 Å². The maximum absolute atomic E-state index is 5.54. The molecular weight excluding hydrogens is 473 g/mol. The summed E-state index contributed by atoms with van der Waals surface area (Å²) in [5.74, 6) is 3.68. The fraction of sp³-hybridized carbons (Fsp3) is 0.350. The molecule has 1 aliphatic rings. The normalized spacial score (nSPS) is 12.2. The van der Waals surface area contributed by atoms with E-state index in [0.717, 1.165) is 35.9 Å². The van der Waals surface area contributed by atoms with Crippen molar-refractivity contribution in [3.63, 3.8) is 0 Å². The first-order valence-corrected chi connectivity index (χ1v) is 8.90. The van der Waals surface area contributed by atoms with Crippen LogP contribution < -0.4 is 29.6 Å². The van der Waals surface area contributed by atoms with Gasteiger partial charge in [0.25, 0.3) is 0 Å². The van der Waals surface area contributed by atoms with Gasteiger partial charge in [-0.05, 0) is 43.2 Å². The van der Waals surface area contributed by atoms with E-state index in [4.69, 9.17) is 18.9 Å². The zero-order valence-corrected chi connectivity index (χ0v) is 18.6. The van der Waals surface area contributed by atoms with E-state index in [-0.39, 0.29) is 24.0 Å². The van der Waals surface area contributed by atoms with Crippen molar-refractivity contribution in [3.8, 4) is 23.0 Å². The number of nitrogens with one attached hydrogen (secondary N) is 2. The summed E-state index contributed by atoms with van der Waals surface area (Å²) in [7, 11) is 3.36. The number of anilines is 1. The Kier molecular flexibility index (Phi) is 8.49. The molecule has 0 spiro atoms. The van der Waals surface area contributed by atoms with Crippen LogP contribution in [0.15, 0.2) is 41.4 Å². The van der Waals surface area contributed by atoms with Crippen LogP contribution in [0.4, 0.5) is 5.69 Å². The van der Waals surface area contributed by atoms with Crippen molar-refractivity contribution >= 4 is 35.6 Å². The summed E-state index contributed by atoms with van der Waals surface area (Å²) in [6.45, 7) is 3.55. The zero-order chi connectivity index (χ0) is 19.1. The summed E-state index contributed by atoms with van der Waals surface area (Å²) in [4.78, 5) is 4.26. The molecule has 0 aliphatic carbocycles. The topological polar surface area (TPSA) is 73.3 Å². The van der Waals surface area contributed by atoms with Gasteiger partial charge in [-0.1, -0.05) is 6.07 Å². The van der Waals surface area contributed by atoms with E-state index in [1.54, 1.807) is 14.2 Å². The van der Waals surface area contributed by atoms with E-state index in [1.165, 1.54) is 5.56 Å². The van der Waals surface area contributed by atoms with Gasteiger partial charge in [-0.3, -0.25) is 4.99 Å². The summed E-state index contributed by atoms with van der Waals surface area (Å²) >= 11 is 0. The first-order chi connectivity index (χ1) is 13.2. The molecule has 8 heteroatoms.